The SMILES string of the molecule is Cc1cc(OC2CN(S(=O)(=O)C3CC3)C2)cc(=O)n1C. The van der Waals surface area contributed by atoms with E-state index in [4.69, 9.17) is 4.74 Å². The molecule has 2 aliphatic rings. The van der Waals surface area contributed by atoms with Crippen LogP contribution in [0.25, 0.3) is 0 Å². The van der Waals surface area contributed by atoms with Gasteiger partial charge >= 0.3 is 0 Å². The first-order valence-corrected chi connectivity index (χ1v) is 8.21. The molecule has 7 heteroatoms. The summed E-state index contributed by atoms with van der Waals surface area (Å²) < 4.78 is 32.6. The molecule has 1 saturated heterocycles. The van der Waals surface area contributed by atoms with Crippen LogP contribution in [0.5, 0.6) is 5.75 Å². The molecule has 0 amide bonds. The number of aryl methyl sites for hydroxylation is 1. The van der Waals surface area contributed by atoms with E-state index < -0.39 is 10.0 Å². The Morgan fingerprint density at radius 3 is 2.45 bits per heavy atom. The lowest BCUT2D eigenvalue weighted by Crippen LogP contribution is -2.56. The average Bonchev–Trinajstić information content (AvgIpc) is 3.13. The van der Waals surface area contributed by atoms with E-state index in [1.165, 1.54) is 14.9 Å². The molecule has 0 N–H and O–H groups in total. The fourth-order valence-corrected chi connectivity index (χ4v) is 4.16. The molecule has 0 radical (unpaired) electrons. The Balaban J connectivity index is 1.63. The molecule has 2 fully saturated rings. The minimum absolute atomic E-state index is 0.123. The number of ether oxygens (including phenoxy) is 1. The predicted octanol–water partition coefficient (Wildman–Crippen LogP) is 0.249. The van der Waals surface area contributed by atoms with E-state index in [1.54, 1.807) is 13.1 Å². The molecule has 0 unspecified atom stereocenters. The van der Waals surface area contributed by atoms with Crippen molar-refractivity contribution in [1.82, 2.24) is 8.87 Å². The van der Waals surface area contributed by atoms with Crippen molar-refractivity contribution in [2.45, 2.75) is 31.1 Å². The third kappa shape index (κ3) is 2.35. The van der Waals surface area contributed by atoms with Gasteiger partial charge < -0.3 is 9.30 Å². The molecular weight excluding hydrogens is 280 g/mol. The minimum Gasteiger partial charge on any atom is -0.487 e. The normalized spacial score (nSPS) is 20.7. The van der Waals surface area contributed by atoms with Gasteiger partial charge in [-0.25, -0.2) is 8.42 Å². The minimum atomic E-state index is -3.09. The lowest BCUT2D eigenvalue weighted by molar-refractivity contribution is 0.0758. The molecule has 0 bridgehead atoms. The lowest BCUT2D eigenvalue weighted by atomic mass is 10.2. The van der Waals surface area contributed by atoms with Crippen LogP contribution >= 0.6 is 0 Å². The van der Waals surface area contributed by atoms with Gasteiger partial charge in [-0.15, -0.1) is 0 Å². The molecular formula is C13H18N2O4S. The number of hydrogen-bond acceptors (Lipinski definition) is 4. The highest BCUT2D eigenvalue weighted by atomic mass is 32.2. The summed E-state index contributed by atoms with van der Waals surface area (Å²) in [4.78, 5) is 11.6. The summed E-state index contributed by atoms with van der Waals surface area (Å²) in [7, 11) is -1.39. The van der Waals surface area contributed by atoms with Gasteiger partial charge in [0.15, 0.2) is 0 Å². The van der Waals surface area contributed by atoms with Crippen molar-refractivity contribution < 1.29 is 13.2 Å². The molecule has 110 valence electrons. The zero-order chi connectivity index (χ0) is 14.5. The van der Waals surface area contributed by atoms with Gasteiger partial charge in [0.25, 0.3) is 5.56 Å². The summed E-state index contributed by atoms with van der Waals surface area (Å²) in [6.45, 7) is 2.60. The van der Waals surface area contributed by atoms with Crippen LogP contribution in [0.4, 0.5) is 0 Å². The van der Waals surface area contributed by atoms with E-state index in [0.29, 0.717) is 18.8 Å². The lowest BCUT2D eigenvalue weighted by Gasteiger charge is -2.37. The van der Waals surface area contributed by atoms with Crippen LogP contribution in [0.1, 0.15) is 18.5 Å². The highest BCUT2D eigenvalue weighted by Crippen LogP contribution is 2.33. The molecule has 0 atom stereocenters. The fraction of sp³-hybridized carbons (Fsp3) is 0.615. The summed E-state index contributed by atoms with van der Waals surface area (Å²) in [6, 6.07) is 3.23. The van der Waals surface area contributed by atoms with Crippen LogP contribution in [0.2, 0.25) is 0 Å². The Labute approximate surface area is 118 Å². The first-order valence-electron chi connectivity index (χ1n) is 6.71. The van der Waals surface area contributed by atoms with Crippen LogP contribution in [-0.4, -0.2) is 41.7 Å². The van der Waals surface area contributed by atoms with Crippen LogP contribution < -0.4 is 10.3 Å². The Morgan fingerprint density at radius 2 is 1.90 bits per heavy atom. The van der Waals surface area contributed by atoms with Gasteiger partial charge in [-0.1, -0.05) is 0 Å². The summed E-state index contributed by atoms with van der Waals surface area (Å²) >= 11 is 0. The maximum absolute atomic E-state index is 11.9. The molecule has 3 rings (SSSR count). The monoisotopic (exact) mass is 298 g/mol. The van der Waals surface area contributed by atoms with Gasteiger partial charge in [-0.3, -0.25) is 4.79 Å². The molecule has 0 spiro atoms. The van der Waals surface area contributed by atoms with Crippen molar-refractivity contribution in [3.05, 3.63) is 28.2 Å². The van der Waals surface area contributed by atoms with E-state index in [1.807, 2.05) is 6.92 Å². The Bertz CT molecular complexity index is 685. The second-order valence-corrected chi connectivity index (χ2v) is 7.74. The number of sulfonamides is 1. The van der Waals surface area contributed by atoms with E-state index >= 15 is 0 Å². The van der Waals surface area contributed by atoms with Crippen molar-refractivity contribution in [3.63, 3.8) is 0 Å². The highest BCUT2D eigenvalue weighted by molar-refractivity contribution is 7.90. The van der Waals surface area contributed by atoms with Gasteiger partial charge in [-0.05, 0) is 25.8 Å². The molecule has 1 saturated carbocycles. The number of hydrogen-bond donors (Lipinski definition) is 0. The summed E-state index contributed by atoms with van der Waals surface area (Å²) in [6.07, 6.45) is 1.39. The summed E-state index contributed by atoms with van der Waals surface area (Å²) in [5.41, 5.74) is 0.691. The van der Waals surface area contributed by atoms with Crippen LogP contribution in [0.3, 0.4) is 0 Å². The quantitative estimate of drug-likeness (QED) is 0.799. The van der Waals surface area contributed by atoms with Gasteiger partial charge in [-0.2, -0.15) is 4.31 Å². The highest BCUT2D eigenvalue weighted by Gasteiger charge is 2.45. The second-order valence-electron chi connectivity index (χ2n) is 5.53. The third-order valence-corrected chi connectivity index (χ3v) is 6.23. The van der Waals surface area contributed by atoms with Gasteiger partial charge in [0.05, 0.1) is 18.3 Å². The molecule has 1 aromatic rings. The molecule has 0 aromatic carbocycles. The van der Waals surface area contributed by atoms with Crippen LogP contribution in [0.15, 0.2) is 16.9 Å². The van der Waals surface area contributed by atoms with Crippen LogP contribution in [-0.2, 0) is 17.1 Å². The van der Waals surface area contributed by atoms with E-state index in [-0.39, 0.29) is 16.9 Å². The summed E-state index contributed by atoms with van der Waals surface area (Å²) in [5, 5.41) is -0.172. The number of nitrogens with zero attached hydrogens (tertiary/aromatic N) is 2. The second kappa shape index (κ2) is 4.60. The zero-order valence-corrected chi connectivity index (χ0v) is 12.4. The molecule has 6 nitrogen and oxygen atoms in total. The average molecular weight is 298 g/mol. The third-order valence-electron chi connectivity index (χ3n) is 3.90. The van der Waals surface area contributed by atoms with E-state index in [9.17, 15) is 13.2 Å². The first kappa shape index (κ1) is 13.6. The van der Waals surface area contributed by atoms with Crippen molar-refractivity contribution in [1.29, 1.82) is 0 Å². The Kier molecular flexibility index (Phi) is 3.13. The number of aromatic nitrogens is 1. The standard InChI is InChI=1S/C13H18N2O4S/c1-9-5-10(6-13(16)14(9)2)19-11-7-15(8-11)20(17,18)12-3-4-12/h5-6,11-12H,3-4,7-8H2,1-2H3. The van der Waals surface area contributed by atoms with Crippen molar-refractivity contribution >= 4 is 10.0 Å². The largest absolute Gasteiger partial charge is 0.487 e. The van der Waals surface area contributed by atoms with Gasteiger partial charge in [0.1, 0.15) is 11.9 Å². The van der Waals surface area contributed by atoms with Gasteiger partial charge in [0, 0.05) is 18.8 Å². The Hall–Kier alpha value is -1.34. The smallest absolute Gasteiger partial charge is 0.254 e. The van der Waals surface area contributed by atoms with E-state index in [2.05, 4.69) is 0 Å². The van der Waals surface area contributed by atoms with Gasteiger partial charge in [0.2, 0.25) is 10.0 Å². The van der Waals surface area contributed by atoms with Crippen molar-refractivity contribution in [2.24, 2.45) is 7.05 Å². The van der Waals surface area contributed by atoms with Crippen molar-refractivity contribution in [2.75, 3.05) is 13.1 Å². The number of rotatable bonds is 4. The molecule has 20 heavy (non-hydrogen) atoms. The summed E-state index contributed by atoms with van der Waals surface area (Å²) in [5.74, 6) is 0.513. The predicted molar refractivity (Wildman–Crippen MR) is 74.4 cm³/mol. The maximum Gasteiger partial charge on any atom is 0.254 e. The molecule has 1 aromatic heterocycles. The Morgan fingerprint density at radius 1 is 1.25 bits per heavy atom. The number of pyridine rings is 1. The first-order chi connectivity index (χ1) is 9.38. The molecule has 1 aliphatic carbocycles. The van der Waals surface area contributed by atoms with Crippen LogP contribution in [0, 0.1) is 6.92 Å². The van der Waals surface area contributed by atoms with E-state index in [0.717, 1.165) is 18.5 Å². The fourth-order valence-electron chi connectivity index (χ4n) is 2.26. The molecule has 1 aliphatic heterocycles. The molecule has 2 heterocycles. The van der Waals surface area contributed by atoms with Crippen molar-refractivity contribution in [3.8, 4) is 5.75 Å². The zero-order valence-electron chi connectivity index (χ0n) is 11.6. The topological polar surface area (TPSA) is 68.6 Å². The maximum atomic E-state index is 11.9.